The molecule has 4 rings (SSSR count). The van der Waals surface area contributed by atoms with Gasteiger partial charge in [0.1, 0.15) is 5.82 Å². The minimum Gasteiger partial charge on any atom is -0.356 e. The normalized spacial score (nSPS) is 17.3. The van der Waals surface area contributed by atoms with Gasteiger partial charge in [0.25, 0.3) is 0 Å². The first-order valence-corrected chi connectivity index (χ1v) is 8.87. The van der Waals surface area contributed by atoms with Gasteiger partial charge in [-0.05, 0) is 36.6 Å². The number of rotatable bonds is 4. The maximum absolute atomic E-state index is 13.3. The van der Waals surface area contributed by atoms with E-state index >= 15 is 0 Å². The summed E-state index contributed by atoms with van der Waals surface area (Å²) in [5.74, 6) is -1.16. The molecule has 27 heavy (non-hydrogen) atoms. The summed E-state index contributed by atoms with van der Waals surface area (Å²) in [5.41, 5.74) is 1.29. The summed E-state index contributed by atoms with van der Waals surface area (Å²) in [5, 5.41) is 7.13. The Kier molecular flexibility index (Phi) is 4.70. The van der Waals surface area contributed by atoms with Crippen molar-refractivity contribution >= 4 is 17.4 Å². The Morgan fingerprint density at radius 2 is 2.07 bits per heavy atom. The maximum atomic E-state index is 13.3. The summed E-state index contributed by atoms with van der Waals surface area (Å²) in [4.78, 5) is 19.0. The van der Waals surface area contributed by atoms with Crippen LogP contribution in [0.2, 0.25) is 0 Å². The molecule has 8 heteroatoms. The predicted molar refractivity (Wildman–Crippen MR) is 96.1 cm³/mol. The summed E-state index contributed by atoms with van der Waals surface area (Å²) in [7, 11) is 0. The lowest BCUT2D eigenvalue weighted by atomic mass is 9.97. The Morgan fingerprint density at radius 3 is 2.93 bits per heavy atom. The number of carbonyl (C=O) groups excluding carboxylic acids is 1. The van der Waals surface area contributed by atoms with Crippen LogP contribution in [0.1, 0.15) is 18.4 Å². The van der Waals surface area contributed by atoms with Crippen LogP contribution in [0.5, 0.6) is 0 Å². The van der Waals surface area contributed by atoms with Gasteiger partial charge in [-0.25, -0.2) is 13.8 Å². The van der Waals surface area contributed by atoms with Gasteiger partial charge >= 0.3 is 0 Å². The molecule has 0 spiro atoms. The van der Waals surface area contributed by atoms with Crippen LogP contribution in [0.4, 0.5) is 14.6 Å². The smallest absolute Gasteiger partial charge is 0.225 e. The quantitative estimate of drug-likeness (QED) is 0.766. The first-order valence-electron chi connectivity index (χ1n) is 8.87. The van der Waals surface area contributed by atoms with E-state index in [0.717, 1.165) is 43.0 Å². The van der Waals surface area contributed by atoms with Crippen LogP contribution in [0.25, 0.3) is 5.65 Å². The van der Waals surface area contributed by atoms with Crippen molar-refractivity contribution in [2.75, 3.05) is 18.0 Å². The Balaban J connectivity index is 1.42. The van der Waals surface area contributed by atoms with Crippen molar-refractivity contribution in [3.8, 4) is 0 Å². The maximum Gasteiger partial charge on any atom is 0.225 e. The molecule has 1 amide bonds. The molecule has 1 aliphatic rings. The van der Waals surface area contributed by atoms with Crippen molar-refractivity contribution in [3.63, 3.8) is 0 Å². The molecule has 1 aliphatic heterocycles. The van der Waals surface area contributed by atoms with E-state index in [1.165, 1.54) is 6.07 Å². The lowest BCUT2D eigenvalue weighted by molar-refractivity contribution is -0.125. The van der Waals surface area contributed by atoms with E-state index in [4.69, 9.17) is 0 Å². The molecule has 1 N–H and O–H groups in total. The number of nitrogens with zero attached hydrogens (tertiary/aromatic N) is 4. The first-order chi connectivity index (χ1) is 13.1. The second-order valence-electron chi connectivity index (χ2n) is 6.66. The van der Waals surface area contributed by atoms with Crippen molar-refractivity contribution < 1.29 is 13.6 Å². The molecule has 140 valence electrons. The molecule has 0 radical (unpaired) electrons. The molecule has 1 aromatic carbocycles. The highest BCUT2D eigenvalue weighted by atomic mass is 19.2. The fourth-order valence-corrected chi connectivity index (χ4v) is 3.44. The predicted octanol–water partition coefficient (Wildman–Crippen LogP) is 2.54. The van der Waals surface area contributed by atoms with Gasteiger partial charge in [0, 0.05) is 31.9 Å². The Hall–Kier alpha value is -3.03. The van der Waals surface area contributed by atoms with Crippen LogP contribution < -0.4 is 10.2 Å². The van der Waals surface area contributed by atoms with Crippen LogP contribution >= 0.6 is 0 Å². The van der Waals surface area contributed by atoms with Gasteiger partial charge in [-0.1, -0.05) is 6.07 Å². The molecule has 1 atom stereocenters. The second-order valence-corrected chi connectivity index (χ2v) is 6.66. The first kappa shape index (κ1) is 17.4. The fourth-order valence-electron chi connectivity index (χ4n) is 3.44. The highest BCUT2D eigenvalue weighted by Gasteiger charge is 2.27. The van der Waals surface area contributed by atoms with E-state index in [-0.39, 0.29) is 18.4 Å². The fraction of sp³-hybridized carbons (Fsp3) is 0.316. The average molecular weight is 371 g/mol. The summed E-state index contributed by atoms with van der Waals surface area (Å²) in [6.45, 7) is 1.58. The highest BCUT2D eigenvalue weighted by Crippen LogP contribution is 2.23. The van der Waals surface area contributed by atoms with Crippen molar-refractivity contribution in [1.29, 1.82) is 0 Å². The Bertz CT molecular complexity index is 974. The summed E-state index contributed by atoms with van der Waals surface area (Å²) < 4.78 is 28.1. The Morgan fingerprint density at radius 1 is 1.19 bits per heavy atom. The summed E-state index contributed by atoms with van der Waals surface area (Å²) in [6, 6.07) is 7.37. The molecule has 2 aromatic heterocycles. The largest absolute Gasteiger partial charge is 0.356 e. The molecule has 0 saturated carbocycles. The van der Waals surface area contributed by atoms with Gasteiger partial charge in [-0.2, -0.15) is 9.61 Å². The zero-order valence-corrected chi connectivity index (χ0v) is 14.6. The molecule has 3 aromatic rings. The van der Waals surface area contributed by atoms with Crippen LogP contribution in [-0.2, 0) is 11.3 Å². The second kappa shape index (κ2) is 7.30. The number of fused-ring (bicyclic) bond motifs is 1. The van der Waals surface area contributed by atoms with E-state index in [2.05, 4.69) is 20.3 Å². The number of anilines is 1. The summed E-state index contributed by atoms with van der Waals surface area (Å²) >= 11 is 0. The van der Waals surface area contributed by atoms with Crippen LogP contribution in [-0.4, -0.2) is 33.6 Å². The van der Waals surface area contributed by atoms with Crippen molar-refractivity contribution in [2.45, 2.75) is 19.4 Å². The van der Waals surface area contributed by atoms with E-state index in [9.17, 15) is 13.6 Å². The third kappa shape index (κ3) is 3.60. The minimum atomic E-state index is -0.911. The third-order valence-corrected chi connectivity index (χ3v) is 4.84. The molecule has 0 aliphatic carbocycles. The number of hydrogen-bond donors (Lipinski definition) is 1. The number of hydrogen-bond acceptors (Lipinski definition) is 4. The van der Waals surface area contributed by atoms with Gasteiger partial charge in [-0.15, -0.1) is 0 Å². The van der Waals surface area contributed by atoms with Crippen molar-refractivity contribution in [2.24, 2.45) is 5.92 Å². The summed E-state index contributed by atoms with van der Waals surface area (Å²) in [6.07, 6.45) is 5.10. The molecule has 1 fully saturated rings. The van der Waals surface area contributed by atoms with Gasteiger partial charge < -0.3 is 10.2 Å². The number of nitrogens with one attached hydrogen (secondary N) is 1. The van der Waals surface area contributed by atoms with E-state index in [0.29, 0.717) is 12.1 Å². The van der Waals surface area contributed by atoms with Gasteiger partial charge in [-0.3, -0.25) is 4.79 Å². The molecule has 0 bridgehead atoms. The monoisotopic (exact) mass is 371 g/mol. The number of amides is 1. The van der Waals surface area contributed by atoms with Gasteiger partial charge in [0.05, 0.1) is 12.1 Å². The Labute approximate surface area is 154 Å². The zero-order valence-electron chi connectivity index (χ0n) is 14.6. The average Bonchev–Trinajstić information content (AvgIpc) is 3.17. The minimum absolute atomic E-state index is 0.0878. The standard InChI is InChI=1S/C19H19F2N5O/c20-15-4-3-13(10-16(15)21)11-23-19(27)14-2-1-9-25(12-14)18-6-7-22-17-5-8-24-26(17)18/h3-8,10,14H,1-2,9,11-12H2,(H,23,27). The lowest BCUT2D eigenvalue weighted by Crippen LogP contribution is -2.43. The van der Waals surface area contributed by atoms with E-state index in [1.54, 1.807) is 16.9 Å². The van der Waals surface area contributed by atoms with E-state index < -0.39 is 11.6 Å². The van der Waals surface area contributed by atoms with Gasteiger partial charge in [0.2, 0.25) is 5.91 Å². The van der Waals surface area contributed by atoms with Crippen LogP contribution in [0.15, 0.2) is 42.7 Å². The molecule has 1 saturated heterocycles. The topological polar surface area (TPSA) is 62.5 Å². The number of aromatic nitrogens is 3. The molecule has 1 unspecified atom stereocenters. The molecule has 6 nitrogen and oxygen atoms in total. The third-order valence-electron chi connectivity index (χ3n) is 4.84. The number of benzene rings is 1. The molecule has 3 heterocycles. The zero-order chi connectivity index (χ0) is 18.8. The van der Waals surface area contributed by atoms with Crippen LogP contribution in [0, 0.1) is 17.6 Å². The molecular formula is C19H19F2N5O. The van der Waals surface area contributed by atoms with Crippen molar-refractivity contribution in [3.05, 3.63) is 59.9 Å². The van der Waals surface area contributed by atoms with Crippen LogP contribution in [0.3, 0.4) is 0 Å². The SMILES string of the molecule is O=C(NCc1ccc(F)c(F)c1)C1CCCN(c2ccnc3ccnn23)C1. The van der Waals surface area contributed by atoms with Crippen molar-refractivity contribution in [1.82, 2.24) is 19.9 Å². The lowest BCUT2D eigenvalue weighted by Gasteiger charge is -2.33. The highest BCUT2D eigenvalue weighted by molar-refractivity contribution is 5.79. The number of carbonyl (C=O) groups is 1. The number of halogens is 2. The molecular weight excluding hydrogens is 352 g/mol. The number of piperidine rings is 1. The van der Waals surface area contributed by atoms with E-state index in [1.807, 2.05) is 12.1 Å². The van der Waals surface area contributed by atoms with Gasteiger partial charge in [0.15, 0.2) is 17.3 Å².